The molecule has 72 valence electrons. The normalized spacial score (nSPS) is 11.2. The molecule has 0 bridgehead atoms. The molecule has 0 saturated heterocycles. The minimum Gasteiger partial charge on any atom is -0.465 e. The van der Waals surface area contributed by atoms with Crippen LogP contribution in [0.3, 0.4) is 0 Å². The Kier molecular flexibility index (Phi) is 2.72. The molecule has 1 aromatic heterocycles. The number of hydrogen-bond acceptors (Lipinski definition) is 5. The highest BCUT2D eigenvalue weighted by Crippen LogP contribution is 2.21. The number of thiophene rings is 1. The number of ether oxygens (including phenoxy) is 1. The number of hydrogen-bond donors (Lipinski definition) is 0. The van der Waals surface area contributed by atoms with Gasteiger partial charge in [0.1, 0.15) is 9.09 Å². The molecule has 0 spiro atoms. The van der Waals surface area contributed by atoms with Crippen LogP contribution in [0, 0.1) is 0 Å². The fourth-order valence-corrected chi connectivity index (χ4v) is 2.58. The van der Waals surface area contributed by atoms with Crippen LogP contribution in [0.5, 0.6) is 0 Å². The van der Waals surface area contributed by atoms with Crippen LogP contribution in [-0.2, 0) is 14.6 Å². The van der Waals surface area contributed by atoms with E-state index in [2.05, 4.69) is 4.74 Å². The van der Waals surface area contributed by atoms with Crippen molar-refractivity contribution in [3.8, 4) is 0 Å². The summed E-state index contributed by atoms with van der Waals surface area (Å²) in [5.41, 5.74) is 0. The first-order valence-corrected chi connectivity index (χ1v) is 6.04. The minimum absolute atomic E-state index is 0.174. The highest BCUT2D eigenvalue weighted by molar-refractivity contribution is 7.92. The van der Waals surface area contributed by atoms with Crippen molar-refractivity contribution >= 4 is 27.1 Å². The number of carbonyl (C=O) groups excluding carboxylic acids is 1. The Morgan fingerprint density at radius 1 is 1.46 bits per heavy atom. The predicted molar refractivity (Wildman–Crippen MR) is 48.8 cm³/mol. The maximum atomic E-state index is 11.0. The average Bonchev–Trinajstić information content (AvgIpc) is 2.50. The molecule has 0 aromatic carbocycles. The second kappa shape index (κ2) is 3.47. The SMILES string of the molecule is COC(=O)c1ccc(S(C)(=O)=O)s1. The van der Waals surface area contributed by atoms with E-state index in [4.69, 9.17) is 0 Å². The molecule has 0 saturated carbocycles. The van der Waals surface area contributed by atoms with Gasteiger partial charge >= 0.3 is 5.97 Å². The standard InChI is InChI=1S/C7H8O4S2/c1-11-7(8)5-3-4-6(12-5)13(2,9)10/h3-4H,1-2H3. The monoisotopic (exact) mass is 220 g/mol. The predicted octanol–water partition coefficient (Wildman–Crippen LogP) is 0.938. The van der Waals surface area contributed by atoms with Gasteiger partial charge in [-0.05, 0) is 12.1 Å². The molecule has 0 amide bonds. The molecule has 0 radical (unpaired) electrons. The second-order valence-electron chi connectivity index (χ2n) is 2.38. The smallest absolute Gasteiger partial charge is 0.348 e. The van der Waals surface area contributed by atoms with Gasteiger partial charge in [0.15, 0.2) is 9.84 Å². The fraction of sp³-hybridized carbons (Fsp3) is 0.286. The van der Waals surface area contributed by atoms with Gasteiger partial charge in [0.2, 0.25) is 0 Å². The second-order valence-corrected chi connectivity index (χ2v) is 5.71. The van der Waals surface area contributed by atoms with Gasteiger partial charge in [-0.25, -0.2) is 13.2 Å². The van der Waals surface area contributed by atoms with Gasteiger partial charge in [-0.15, -0.1) is 11.3 Å². The van der Waals surface area contributed by atoms with E-state index in [1.54, 1.807) is 0 Å². The van der Waals surface area contributed by atoms with Gasteiger partial charge in [0.05, 0.1) is 7.11 Å². The molecule has 1 heterocycles. The van der Waals surface area contributed by atoms with Crippen molar-refractivity contribution in [2.24, 2.45) is 0 Å². The van der Waals surface area contributed by atoms with Crippen LogP contribution in [0.15, 0.2) is 16.3 Å². The molecule has 0 atom stereocenters. The Hall–Kier alpha value is -0.880. The number of methoxy groups -OCH3 is 1. The quantitative estimate of drug-likeness (QED) is 0.696. The van der Waals surface area contributed by atoms with Crippen LogP contribution in [0.2, 0.25) is 0 Å². The lowest BCUT2D eigenvalue weighted by molar-refractivity contribution is 0.0606. The van der Waals surface area contributed by atoms with E-state index in [1.165, 1.54) is 19.2 Å². The van der Waals surface area contributed by atoms with Crippen LogP contribution in [0.1, 0.15) is 9.67 Å². The van der Waals surface area contributed by atoms with Crippen LogP contribution in [-0.4, -0.2) is 27.8 Å². The van der Waals surface area contributed by atoms with Crippen molar-refractivity contribution in [1.82, 2.24) is 0 Å². The van der Waals surface area contributed by atoms with Crippen molar-refractivity contribution in [3.05, 3.63) is 17.0 Å². The Balaban J connectivity index is 3.07. The summed E-state index contributed by atoms with van der Waals surface area (Å²) >= 11 is 0.910. The van der Waals surface area contributed by atoms with E-state index in [0.717, 1.165) is 17.6 Å². The summed E-state index contributed by atoms with van der Waals surface area (Å²) in [6.45, 7) is 0. The van der Waals surface area contributed by atoms with E-state index in [1.807, 2.05) is 0 Å². The average molecular weight is 220 g/mol. The number of esters is 1. The Bertz CT molecular complexity index is 415. The zero-order valence-electron chi connectivity index (χ0n) is 7.10. The first kappa shape index (κ1) is 10.2. The van der Waals surface area contributed by atoms with E-state index in [9.17, 15) is 13.2 Å². The summed E-state index contributed by atoms with van der Waals surface area (Å²) in [6.07, 6.45) is 1.10. The molecule has 4 nitrogen and oxygen atoms in total. The first-order chi connectivity index (χ1) is 5.95. The molecule has 0 aliphatic heterocycles. The molecule has 13 heavy (non-hydrogen) atoms. The van der Waals surface area contributed by atoms with Crippen LogP contribution >= 0.6 is 11.3 Å². The van der Waals surface area contributed by atoms with Crippen molar-refractivity contribution < 1.29 is 17.9 Å². The Morgan fingerprint density at radius 2 is 2.08 bits per heavy atom. The lowest BCUT2D eigenvalue weighted by atomic mass is 10.5. The molecule has 0 fully saturated rings. The molecular formula is C7H8O4S2. The van der Waals surface area contributed by atoms with Crippen molar-refractivity contribution in [2.75, 3.05) is 13.4 Å². The molecule has 0 unspecified atom stereocenters. The largest absolute Gasteiger partial charge is 0.465 e. The van der Waals surface area contributed by atoms with Crippen LogP contribution < -0.4 is 0 Å². The summed E-state index contributed by atoms with van der Waals surface area (Å²) < 4.78 is 26.6. The third-order valence-corrected chi connectivity index (χ3v) is 4.22. The maximum Gasteiger partial charge on any atom is 0.348 e. The molecule has 1 rings (SSSR count). The van der Waals surface area contributed by atoms with Crippen molar-refractivity contribution in [3.63, 3.8) is 0 Å². The molecule has 6 heteroatoms. The van der Waals surface area contributed by atoms with Crippen molar-refractivity contribution in [1.29, 1.82) is 0 Å². The molecule has 0 aliphatic carbocycles. The van der Waals surface area contributed by atoms with Crippen LogP contribution in [0.25, 0.3) is 0 Å². The minimum atomic E-state index is -3.21. The molecular weight excluding hydrogens is 212 g/mol. The van der Waals surface area contributed by atoms with Gasteiger partial charge in [0, 0.05) is 6.26 Å². The van der Waals surface area contributed by atoms with E-state index in [-0.39, 0.29) is 4.21 Å². The van der Waals surface area contributed by atoms with E-state index >= 15 is 0 Å². The highest BCUT2D eigenvalue weighted by Gasteiger charge is 2.14. The van der Waals surface area contributed by atoms with Crippen molar-refractivity contribution in [2.45, 2.75) is 4.21 Å². The lowest BCUT2D eigenvalue weighted by Crippen LogP contribution is -1.97. The van der Waals surface area contributed by atoms with Gasteiger partial charge < -0.3 is 4.74 Å². The number of carbonyl (C=O) groups is 1. The van der Waals surface area contributed by atoms with Gasteiger partial charge in [-0.3, -0.25) is 0 Å². The summed E-state index contributed by atoms with van der Waals surface area (Å²) in [5.74, 6) is -0.514. The van der Waals surface area contributed by atoms with Crippen LogP contribution in [0.4, 0.5) is 0 Å². The third kappa shape index (κ3) is 2.28. The zero-order chi connectivity index (χ0) is 10.1. The van der Waals surface area contributed by atoms with Gasteiger partial charge in [-0.1, -0.05) is 0 Å². The molecule has 1 aromatic rings. The summed E-state index contributed by atoms with van der Waals surface area (Å²) in [6, 6.07) is 2.83. The number of rotatable bonds is 2. The topological polar surface area (TPSA) is 60.4 Å². The highest BCUT2D eigenvalue weighted by atomic mass is 32.2. The summed E-state index contributed by atoms with van der Waals surface area (Å²) in [4.78, 5) is 11.2. The van der Waals surface area contributed by atoms with E-state index in [0.29, 0.717) is 4.88 Å². The summed E-state index contributed by atoms with van der Waals surface area (Å²) in [7, 11) is -1.96. The molecule has 0 aliphatic rings. The Morgan fingerprint density at radius 3 is 2.46 bits per heavy atom. The van der Waals surface area contributed by atoms with E-state index < -0.39 is 15.8 Å². The number of sulfone groups is 1. The van der Waals surface area contributed by atoms with Gasteiger partial charge in [-0.2, -0.15) is 0 Å². The third-order valence-electron chi connectivity index (χ3n) is 1.33. The lowest BCUT2D eigenvalue weighted by Gasteiger charge is -1.92. The first-order valence-electron chi connectivity index (χ1n) is 3.33. The molecule has 0 N–H and O–H groups in total. The maximum absolute atomic E-state index is 11.0. The summed E-state index contributed by atoms with van der Waals surface area (Å²) in [5, 5.41) is 0. The van der Waals surface area contributed by atoms with Gasteiger partial charge in [0.25, 0.3) is 0 Å². The zero-order valence-corrected chi connectivity index (χ0v) is 8.74. The Labute approximate surface area is 80.1 Å². The fourth-order valence-electron chi connectivity index (χ4n) is 0.730.